The highest BCUT2D eigenvalue weighted by atomic mass is 16.3. The van der Waals surface area contributed by atoms with Gasteiger partial charge >= 0.3 is 5.69 Å². The van der Waals surface area contributed by atoms with Crippen LogP contribution in [0.1, 0.15) is 0 Å². The molecule has 1 aromatic heterocycles. The number of hydrogen-bond acceptors (Lipinski definition) is 5. The molecule has 0 unspecified atom stereocenters. The molecule has 1 heterocycles. The molecule has 0 radical (unpaired) electrons. The van der Waals surface area contributed by atoms with Crippen molar-refractivity contribution in [1.29, 1.82) is 0 Å². The molecule has 0 bridgehead atoms. The molecule has 7 nitrogen and oxygen atoms in total. The minimum Gasteiger partial charge on any atom is -0.395 e. The summed E-state index contributed by atoms with van der Waals surface area (Å²) in [5.41, 5.74) is -1.25. The van der Waals surface area contributed by atoms with Crippen LogP contribution in [0.5, 0.6) is 0 Å². The van der Waals surface area contributed by atoms with Crippen molar-refractivity contribution < 1.29 is 5.11 Å². The number of rotatable bonds is 5. The average Bonchev–Trinajstić information content (AvgIpc) is 2.17. The Balaban J connectivity index is 3.05. The summed E-state index contributed by atoms with van der Waals surface area (Å²) < 4.78 is 0. The van der Waals surface area contributed by atoms with Crippen LogP contribution in [0.2, 0.25) is 0 Å². The van der Waals surface area contributed by atoms with E-state index in [9.17, 15) is 9.59 Å². The highest BCUT2D eigenvalue weighted by Gasteiger charge is 2.10. The molecular formula is C8H12N4O3. The lowest BCUT2D eigenvalue weighted by Gasteiger charge is -2.18. The Morgan fingerprint density at radius 2 is 2.27 bits per heavy atom. The number of aliphatic hydroxyl groups is 1. The maximum atomic E-state index is 11.3. The van der Waals surface area contributed by atoms with Gasteiger partial charge in [-0.2, -0.15) is 0 Å². The van der Waals surface area contributed by atoms with Gasteiger partial charge in [0.25, 0.3) is 5.56 Å². The van der Waals surface area contributed by atoms with Crippen molar-refractivity contribution in [3.63, 3.8) is 0 Å². The van der Waals surface area contributed by atoms with E-state index in [1.165, 1.54) is 4.90 Å². The first-order chi connectivity index (χ1) is 7.19. The van der Waals surface area contributed by atoms with Crippen LogP contribution in [0.25, 0.3) is 0 Å². The molecule has 0 aliphatic carbocycles. The third-order valence-electron chi connectivity index (χ3n) is 1.71. The van der Waals surface area contributed by atoms with Gasteiger partial charge in [-0.1, -0.05) is 6.08 Å². The first kappa shape index (κ1) is 11.2. The second-order valence-corrected chi connectivity index (χ2v) is 2.79. The van der Waals surface area contributed by atoms with E-state index in [4.69, 9.17) is 5.11 Å². The summed E-state index contributed by atoms with van der Waals surface area (Å²) in [6, 6.07) is 0. The third-order valence-corrected chi connectivity index (χ3v) is 1.71. The first-order valence-electron chi connectivity index (χ1n) is 4.34. The lowest BCUT2D eigenvalue weighted by molar-refractivity contribution is 0.302. The van der Waals surface area contributed by atoms with E-state index in [2.05, 4.69) is 16.8 Å². The van der Waals surface area contributed by atoms with Crippen LogP contribution in [0, 0.1) is 0 Å². The maximum Gasteiger partial charge on any atom is 0.342 e. The molecule has 0 spiro atoms. The van der Waals surface area contributed by atoms with Crippen LogP contribution in [0.3, 0.4) is 0 Å². The molecule has 0 aliphatic heterocycles. The summed E-state index contributed by atoms with van der Waals surface area (Å²) in [4.78, 5) is 25.6. The molecule has 0 aliphatic rings. The summed E-state index contributed by atoms with van der Waals surface area (Å²) in [5.74, 6) is 0.0588. The quantitative estimate of drug-likeness (QED) is 0.512. The molecule has 0 atom stereocenters. The number of H-pyrrole nitrogens is 2. The van der Waals surface area contributed by atoms with E-state index in [0.717, 1.165) is 0 Å². The minimum atomic E-state index is -0.661. The monoisotopic (exact) mass is 212 g/mol. The average molecular weight is 212 g/mol. The molecule has 1 aromatic rings. The molecule has 0 aromatic carbocycles. The Hall–Kier alpha value is -1.89. The van der Waals surface area contributed by atoms with Gasteiger partial charge in [-0.15, -0.1) is 11.7 Å². The van der Waals surface area contributed by atoms with Crippen molar-refractivity contribution in [2.75, 3.05) is 24.6 Å². The fraction of sp³-hybridized carbons (Fsp3) is 0.375. The van der Waals surface area contributed by atoms with E-state index in [0.29, 0.717) is 6.54 Å². The number of aliphatic hydroxyl groups excluding tert-OH is 1. The molecule has 15 heavy (non-hydrogen) atoms. The van der Waals surface area contributed by atoms with Crippen molar-refractivity contribution >= 4 is 5.82 Å². The van der Waals surface area contributed by atoms with Crippen LogP contribution in [0.15, 0.2) is 22.2 Å². The van der Waals surface area contributed by atoms with Crippen LogP contribution >= 0.6 is 0 Å². The van der Waals surface area contributed by atoms with E-state index in [1.54, 1.807) is 6.08 Å². The molecule has 0 saturated carbocycles. The van der Waals surface area contributed by atoms with E-state index in [-0.39, 0.29) is 19.0 Å². The summed E-state index contributed by atoms with van der Waals surface area (Å²) in [6.45, 7) is 4.01. The number of hydrogen-bond donors (Lipinski definition) is 3. The van der Waals surface area contributed by atoms with Crippen molar-refractivity contribution in [3.05, 3.63) is 33.5 Å². The summed E-state index contributed by atoms with van der Waals surface area (Å²) in [5, 5.41) is 14.5. The van der Waals surface area contributed by atoms with Crippen LogP contribution in [0.4, 0.5) is 5.82 Å². The molecule has 0 amide bonds. The summed E-state index contributed by atoms with van der Waals surface area (Å²) >= 11 is 0. The summed E-state index contributed by atoms with van der Waals surface area (Å²) in [7, 11) is 0. The van der Waals surface area contributed by atoms with E-state index in [1.807, 2.05) is 4.98 Å². The second-order valence-electron chi connectivity index (χ2n) is 2.79. The van der Waals surface area contributed by atoms with Crippen LogP contribution in [-0.2, 0) is 0 Å². The van der Waals surface area contributed by atoms with Crippen LogP contribution < -0.4 is 16.1 Å². The smallest absolute Gasteiger partial charge is 0.342 e. The number of aromatic nitrogens is 3. The van der Waals surface area contributed by atoms with Gasteiger partial charge in [0, 0.05) is 13.1 Å². The van der Waals surface area contributed by atoms with E-state index >= 15 is 0 Å². The Morgan fingerprint density at radius 1 is 1.53 bits per heavy atom. The summed E-state index contributed by atoms with van der Waals surface area (Å²) in [6.07, 6.45) is 1.57. The number of nitrogens with zero attached hydrogens (tertiary/aromatic N) is 2. The topological polar surface area (TPSA) is 102 Å². The largest absolute Gasteiger partial charge is 0.395 e. The Bertz CT molecular complexity index is 436. The van der Waals surface area contributed by atoms with Crippen molar-refractivity contribution in [3.8, 4) is 0 Å². The van der Waals surface area contributed by atoms with Gasteiger partial charge in [0.1, 0.15) is 0 Å². The van der Waals surface area contributed by atoms with Crippen molar-refractivity contribution in [1.82, 2.24) is 15.2 Å². The van der Waals surface area contributed by atoms with Gasteiger partial charge in [-0.25, -0.2) is 9.89 Å². The zero-order valence-electron chi connectivity index (χ0n) is 8.06. The zero-order chi connectivity index (χ0) is 11.3. The SMILES string of the molecule is C=CCN(CCO)c1n[nH]c(=O)[nH]c1=O. The van der Waals surface area contributed by atoms with Crippen molar-refractivity contribution in [2.45, 2.75) is 0 Å². The third kappa shape index (κ3) is 2.78. The number of aromatic amines is 2. The molecular weight excluding hydrogens is 200 g/mol. The van der Waals surface area contributed by atoms with Gasteiger partial charge in [0.05, 0.1) is 6.61 Å². The minimum absolute atomic E-state index is 0.0588. The fourth-order valence-corrected chi connectivity index (χ4v) is 1.12. The first-order valence-corrected chi connectivity index (χ1v) is 4.34. The standard InChI is InChI=1S/C8H12N4O3/c1-2-3-12(4-5-13)6-7(14)9-8(15)11-10-6/h2,13H,1,3-5H2,(H2,9,11,14,15). The van der Waals surface area contributed by atoms with Crippen molar-refractivity contribution in [2.24, 2.45) is 0 Å². The highest BCUT2D eigenvalue weighted by molar-refractivity contribution is 5.34. The molecule has 1 rings (SSSR count). The predicted molar refractivity (Wildman–Crippen MR) is 55.0 cm³/mol. The number of anilines is 1. The fourth-order valence-electron chi connectivity index (χ4n) is 1.12. The molecule has 0 saturated heterocycles. The Morgan fingerprint density at radius 3 is 2.80 bits per heavy atom. The zero-order valence-corrected chi connectivity index (χ0v) is 8.06. The second kappa shape index (κ2) is 5.11. The highest BCUT2D eigenvalue weighted by Crippen LogP contribution is 1.99. The lowest BCUT2D eigenvalue weighted by atomic mass is 10.4. The molecule has 0 fully saturated rings. The van der Waals surface area contributed by atoms with Gasteiger partial charge in [0.2, 0.25) is 5.82 Å². The normalized spacial score (nSPS) is 9.93. The Labute approximate surface area is 85.1 Å². The molecule has 3 N–H and O–H groups in total. The maximum absolute atomic E-state index is 11.3. The number of nitrogens with one attached hydrogen (secondary N) is 2. The van der Waals surface area contributed by atoms with Gasteiger partial charge < -0.3 is 10.0 Å². The Kier molecular flexibility index (Phi) is 3.81. The van der Waals surface area contributed by atoms with Crippen LogP contribution in [-0.4, -0.2) is 40.0 Å². The lowest BCUT2D eigenvalue weighted by Crippen LogP contribution is -2.36. The van der Waals surface area contributed by atoms with E-state index < -0.39 is 11.2 Å². The van der Waals surface area contributed by atoms with Gasteiger partial charge in [-0.3, -0.25) is 9.78 Å². The van der Waals surface area contributed by atoms with Gasteiger partial charge in [-0.05, 0) is 0 Å². The van der Waals surface area contributed by atoms with Gasteiger partial charge in [0.15, 0.2) is 0 Å². The predicted octanol–water partition coefficient (Wildman–Crippen LogP) is -1.56. The molecule has 82 valence electrons. The molecule has 7 heteroatoms.